The van der Waals surface area contributed by atoms with Crippen molar-refractivity contribution in [1.29, 1.82) is 0 Å². The van der Waals surface area contributed by atoms with E-state index in [0.717, 1.165) is 56.4 Å². The molecule has 4 rings (SSSR count). The predicted molar refractivity (Wildman–Crippen MR) is 135 cm³/mol. The highest BCUT2D eigenvalue weighted by Crippen LogP contribution is 2.40. The molecule has 2 atom stereocenters. The third-order valence-corrected chi connectivity index (χ3v) is 7.07. The van der Waals surface area contributed by atoms with Crippen LogP contribution in [0.5, 0.6) is 0 Å². The number of nitrogens with two attached hydrogens (primary N) is 1. The fraction of sp³-hybridized carbons (Fsp3) is 0.462. The predicted octanol–water partition coefficient (Wildman–Crippen LogP) is 5.48. The number of amides is 2. The number of anilines is 4. The Morgan fingerprint density at radius 3 is 2.51 bits per heavy atom. The lowest BCUT2D eigenvalue weighted by Crippen LogP contribution is -2.34. The molecule has 2 aromatic rings. The molecule has 37 heavy (non-hydrogen) atoms. The second kappa shape index (κ2) is 11.2. The molecule has 5 N–H and O–H groups in total. The van der Waals surface area contributed by atoms with Crippen molar-refractivity contribution in [1.82, 2.24) is 9.97 Å². The zero-order valence-corrected chi connectivity index (χ0v) is 20.4. The Labute approximate surface area is 213 Å². The average molecular weight is 517 g/mol. The molecule has 2 aliphatic carbocycles. The lowest BCUT2D eigenvalue weighted by atomic mass is 9.85. The number of hydrogen-bond donors (Lipinski definition) is 4. The van der Waals surface area contributed by atoms with Crippen LogP contribution in [0.2, 0.25) is 0 Å². The van der Waals surface area contributed by atoms with Gasteiger partial charge in [0.1, 0.15) is 11.4 Å². The van der Waals surface area contributed by atoms with Gasteiger partial charge in [-0.2, -0.15) is 18.2 Å². The molecule has 0 saturated heterocycles. The summed E-state index contributed by atoms with van der Waals surface area (Å²) in [6.45, 7) is 3.46. The van der Waals surface area contributed by atoms with Crippen molar-refractivity contribution < 1.29 is 22.8 Å². The van der Waals surface area contributed by atoms with Gasteiger partial charge in [0.05, 0.1) is 11.4 Å². The van der Waals surface area contributed by atoms with Crippen LogP contribution in [-0.2, 0) is 15.8 Å². The van der Waals surface area contributed by atoms with Crippen molar-refractivity contribution in [3.8, 4) is 0 Å². The third kappa shape index (κ3) is 6.58. The quantitative estimate of drug-likeness (QED) is 0.345. The molecule has 0 aliphatic heterocycles. The fourth-order valence-corrected chi connectivity index (χ4v) is 5.11. The average Bonchev–Trinajstić information content (AvgIpc) is 3.39. The Morgan fingerprint density at radius 2 is 1.84 bits per heavy atom. The Morgan fingerprint density at radius 1 is 1.08 bits per heavy atom. The molecular weight excluding hydrogens is 485 g/mol. The summed E-state index contributed by atoms with van der Waals surface area (Å²) in [4.78, 5) is 31.7. The van der Waals surface area contributed by atoms with Crippen LogP contribution in [0.1, 0.15) is 68.4 Å². The topological polar surface area (TPSA) is 122 Å². The molecule has 8 nitrogen and oxygen atoms in total. The van der Waals surface area contributed by atoms with E-state index in [4.69, 9.17) is 5.73 Å². The molecule has 2 aliphatic rings. The van der Waals surface area contributed by atoms with Crippen molar-refractivity contribution in [2.45, 2.75) is 69.5 Å². The number of aromatic nitrogens is 2. The minimum atomic E-state index is -4.71. The monoisotopic (exact) mass is 516 g/mol. The summed E-state index contributed by atoms with van der Waals surface area (Å²) >= 11 is 0. The number of nitrogens with zero attached hydrogens (tertiary/aromatic N) is 2. The van der Waals surface area contributed by atoms with Gasteiger partial charge in [-0.25, -0.2) is 4.98 Å². The van der Waals surface area contributed by atoms with E-state index in [-0.39, 0.29) is 23.6 Å². The summed E-state index contributed by atoms with van der Waals surface area (Å²) in [6, 6.07) is 5.12. The third-order valence-electron chi connectivity index (χ3n) is 7.07. The van der Waals surface area contributed by atoms with Crippen LogP contribution in [0.4, 0.5) is 36.3 Å². The molecule has 0 radical (unpaired) electrons. The fourth-order valence-electron chi connectivity index (χ4n) is 5.11. The normalized spacial score (nSPS) is 20.3. The van der Waals surface area contributed by atoms with Gasteiger partial charge < -0.3 is 21.7 Å². The second-order valence-corrected chi connectivity index (χ2v) is 9.67. The highest BCUT2D eigenvalue weighted by atomic mass is 19.4. The first-order chi connectivity index (χ1) is 17.6. The van der Waals surface area contributed by atoms with Crippen LogP contribution >= 0.6 is 0 Å². The van der Waals surface area contributed by atoms with E-state index in [1.54, 1.807) is 12.1 Å². The molecule has 0 unspecified atom stereocenters. The first kappa shape index (κ1) is 26.4. The molecule has 1 heterocycles. The van der Waals surface area contributed by atoms with E-state index in [1.807, 2.05) is 6.07 Å². The second-order valence-electron chi connectivity index (χ2n) is 9.67. The highest BCUT2D eigenvalue weighted by molar-refractivity contribution is 6.01. The molecule has 2 amide bonds. The van der Waals surface area contributed by atoms with E-state index in [9.17, 15) is 22.8 Å². The molecule has 1 aromatic heterocycles. The minimum absolute atomic E-state index is 0.00451. The maximum Gasteiger partial charge on any atom is 0.421 e. The lowest BCUT2D eigenvalue weighted by Gasteiger charge is -2.28. The standard InChI is InChI=1S/C26H31F3N6O2/c1-2-22(36)33-21-13-16(15-6-3-4-7-15)10-11-20(21)34-24-19(26(27,28)29)14-31-25(35-24)32-18-9-5-8-17(12-18)23(30)37/h2,10-11,13-15,17-18H,1,3-9,12H2,(H2,30,37)(H,33,36)(H2,31,32,34,35)/t17-,18+/m0/s1. The van der Waals surface area contributed by atoms with Gasteiger partial charge in [0.25, 0.3) is 0 Å². The van der Waals surface area contributed by atoms with Crippen molar-refractivity contribution >= 4 is 35.0 Å². The first-order valence-electron chi connectivity index (χ1n) is 12.5. The van der Waals surface area contributed by atoms with E-state index in [2.05, 4.69) is 32.5 Å². The molecule has 2 saturated carbocycles. The van der Waals surface area contributed by atoms with E-state index in [0.29, 0.717) is 24.4 Å². The molecular formula is C26H31F3N6O2. The summed E-state index contributed by atoms with van der Waals surface area (Å²) in [5, 5.41) is 8.51. The van der Waals surface area contributed by atoms with Crippen LogP contribution in [-0.4, -0.2) is 27.8 Å². The smallest absolute Gasteiger partial charge is 0.369 e. The molecule has 0 bridgehead atoms. The number of carbonyl (C=O) groups excluding carboxylic acids is 2. The van der Waals surface area contributed by atoms with Crippen molar-refractivity contribution in [2.75, 3.05) is 16.0 Å². The zero-order chi connectivity index (χ0) is 26.6. The number of alkyl halides is 3. The number of hydrogen-bond acceptors (Lipinski definition) is 6. The number of nitrogens with one attached hydrogen (secondary N) is 3. The van der Waals surface area contributed by atoms with Crippen LogP contribution in [0.15, 0.2) is 37.1 Å². The lowest BCUT2D eigenvalue weighted by molar-refractivity contribution is -0.137. The van der Waals surface area contributed by atoms with Gasteiger partial charge in [-0.1, -0.05) is 31.9 Å². The van der Waals surface area contributed by atoms with Gasteiger partial charge >= 0.3 is 6.18 Å². The number of rotatable bonds is 8. The van der Waals surface area contributed by atoms with Gasteiger partial charge in [-0.3, -0.25) is 9.59 Å². The Kier molecular flexibility index (Phi) is 7.99. The summed E-state index contributed by atoms with van der Waals surface area (Å²) in [6.07, 6.45) is 4.03. The molecule has 198 valence electrons. The van der Waals surface area contributed by atoms with Gasteiger partial charge in [0, 0.05) is 18.2 Å². The summed E-state index contributed by atoms with van der Waals surface area (Å²) in [5.74, 6) is -1.27. The first-order valence-corrected chi connectivity index (χ1v) is 12.5. The molecule has 0 spiro atoms. The van der Waals surface area contributed by atoms with E-state index in [1.165, 1.54) is 0 Å². The van der Waals surface area contributed by atoms with Gasteiger partial charge in [0.15, 0.2) is 0 Å². The Bertz CT molecular complexity index is 1160. The maximum absolute atomic E-state index is 13.8. The summed E-state index contributed by atoms with van der Waals surface area (Å²) < 4.78 is 41.5. The molecule has 1 aromatic carbocycles. The van der Waals surface area contributed by atoms with Crippen molar-refractivity contribution in [2.24, 2.45) is 11.7 Å². The van der Waals surface area contributed by atoms with E-state index < -0.39 is 29.4 Å². The van der Waals surface area contributed by atoms with Gasteiger partial charge in [0.2, 0.25) is 17.8 Å². The summed E-state index contributed by atoms with van der Waals surface area (Å²) in [5.41, 5.74) is 6.02. The Hall–Kier alpha value is -3.63. The largest absolute Gasteiger partial charge is 0.421 e. The maximum atomic E-state index is 13.8. The van der Waals surface area contributed by atoms with Gasteiger partial charge in [-0.15, -0.1) is 0 Å². The molecule has 2 fully saturated rings. The highest BCUT2D eigenvalue weighted by Gasteiger charge is 2.36. The van der Waals surface area contributed by atoms with Crippen LogP contribution < -0.4 is 21.7 Å². The number of carbonyl (C=O) groups is 2. The number of halogens is 3. The SMILES string of the molecule is C=CC(=O)Nc1cc(C2CCCC2)ccc1Nc1nc(N[C@@H]2CCC[C@H](C(N)=O)C2)ncc1C(F)(F)F. The number of primary amides is 1. The Balaban J connectivity index is 1.64. The van der Waals surface area contributed by atoms with Crippen LogP contribution in [0.25, 0.3) is 0 Å². The zero-order valence-electron chi connectivity index (χ0n) is 20.4. The molecule has 11 heteroatoms. The van der Waals surface area contributed by atoms with E-state index >= 15 is 0 Å². The van der Waals surface area contributed by atoms with Crippen LogP contribution in [0.3, 0.4) is 0 Å². The minimum Gasteiger partial charge on any atom is -0.369 e. The number of benzene rings is 1. The van der Waals surface area contributed by atoms with Crippen molar-refractivity contribution in [3.63, 3.8) is 0 Å². The van der Waals surface area contributed by atoms with Gasteiger partial charge in [-0.05, 0) is 61.8 Å². The van der Waals surface area contributed by atoms with Crippen LogP contribution in [0, 0.1) is 5.92 Å². The summed E-state index contributed by atoms with van der Waals surface area (Å²) in [7, 11) is 0. The van der Waals surface area contributed by atoms with Crippen molar-refractivity contribution in [3.05, 3.63) is 48.2 Å².